The maximum atomic E-state index is 12.9. The van der Waals surface area contributed by atoms with Gasteiger partial charge in [-0.25, -0.2) is 0 Å². The first-order valence-electron chi connectivity index (χ1n) is 8.80. The van der Waals surface area contributed by atoms with E-state index >= 15 is 0 Å². The fourth-order valence-electron chi connectivity index (χ4n) is 2.68. The summed E-state index contributed by atoms with van der Waals surface area (Å²) in [7, 11) is 0. The van der Waals surface area contributed by atoms with Gasteiger partial charge in [-0.05, 0) is 41.5 Å². The third kappa shape index (κ3) is 5.71. The molecule has 0 bridgehead atoms. The highest BCUT2D eigenvalue weighted by Crippen LogP contribution is 2.30. The van der Waals surface area contributed by atoms with Crippen molar-refractivity contribution in [1.82, 2.24) is 15.0 Å². The highest BCUT2D eigenvalue weighted by Gasteiger charge is 2.30. The fraction of sp³-hybridized carbons (Fsp3) is 0.143. The summed E-state index contributed by atoms with van der Waals surface area (Å²) in [6, 6.07) is 11.7. The molecule has 0 spiro atoms. The van der Waals surface area contributed by atoms with Crippen molar-refractivity contribution >= 4 is 29.7 Å². The number of rotatable bonds is 5. The van der Waals surface area contributed by atoms with Crippen LogP contribution in [0.3, 0.4) is 0 Å². The fourth-order valence-corrected chi connectivity index (χ4v) is 2.92. The second-order valence-electron chi connectivity index (χ2n) is 6.38. The molecule has 0 amide bonds. The predicted molar refractivity (Wildman–Crippen MR) is 107 cm³/mol. The summed E-state index contributed by atoms with van der Waals surface area (Å²) >= 11 is 6.18. The number of benzene rings is 2. The lowest BCUT2D eigenvalue weighted by molar-refractivity contribution is -0.145. The van der Waals surface area contributed by atoms with E-state index in [2.05, 4.69) is 10.2 Å². The number of hydrogen-bond acceptors (Lipinski definition) is 5. The largest absolute Gasteiger partial charge is 0.441 e. The van der Waals surface area contributed by atoms with Crippen LogP contribution >= 0.6 is 11.6 Å². The van der Waals surface area contributed by atoms with Crippen LogP contribution in [0.2, 0.25) is 5.02 Å². The van der Waals surface area contributed by atoms with Crippen LogP contribution in [0, 0.1) is 11.3 Å². The van der Waals surface area contributed by atoms with Crippen molar-refractivity contribution < 1.29 is 22.7 Å². The van der Waals surface area contributed by atoms with E-state index in [1.54, 1.807) is 30.3 Å². The number of alkyl halides is 3. The van der Waals surface area contributed by atoms with Crippen LogP contribution in [0.1, 0.15) is 29.3 Å². The van der Waals surface area contributed by atoms with Gasteiger partial charge in [0.2, 0.25) is 6.73 Å². The molecule has 0 radical (unpaired) electrons. The van der Waals surface area contributed by atoms with Crippen LogP contribution in [0.25, 0.3) is 23.4 Å². The predicted octanol–water partition coefficient (Wildman–Crippen LogP) is 5.18. The van der Waals surface area contributed by atoms with E-state index in [1.807, 2.05) is 6.07 Å². The van der Waals surface area contributed by atoms with Crippen LogP contribution in [-0.4, -0.2) is 21.0 Å². The Balaban J connectivity index is 1.92. The molecule has 31 heavy (non-hydrogen) atoms. The number of halogens is 4. The smallest absolute Gasteiger partial charge is 0.416 e. The summed E-state index contributed by atoms with van der Waals surface area (Å²) < 4.78 is 43.5. The van der Waals surface area contributed by atoms with Crippen LogP contribution in [-0.2, 0) is 22.4 Å². The average molecular weight is 447 g/mol. The van der Waals surface area contributed by atoms with Gasteiger partial charge in [-0.15, -0.1) is 15.0 Å². The summed E-state index contributed by atoms with van der Waals surface area (Å²) in [5, 5.41) is 17.8. The number of carbonyl (C=O) groups excluding carboxylic acids is 1. The van der Waals surface area contributed by atoms with Gasteiger partial charge in [0.1, 0.15) is 11.8 Å². The van der Waals surface area contributed by atoms with E-state index in [0.29, 0.717) is 21.7 Å². The van der Waals surface area contributed by atoms with Gasteiger partial charge >= 0.3 is 12.1 Å². The van der Waals surface area contributed by atoms with Crippen LogP contribution in [0.15, 0.2) is 42.5 Å². The van der Waals surface area contributed by atoms with Gasteiger partial charge in [-0.2, -0.15) is 18.4 Å². The van der Waals surface area contributed by atoms with E-state index in [1.165, 1.54) is 19.1 Å². The third-order valence-corrected chi connectivity index (χ3v) is 4.24. The van der Waals surface area contributed by atoms with Gasteiger partial charge in [0.15, 0.2) is 5.69 Å². The molecular formula is C21H14ClF3N4O2. The Kier molecular flexibility index (Phi) is 6.42. The zero-order valence-corrected chi connectivity index (χ0v) is 16.8. The van der Waals surface area contributed by atoms with Crippen LogP contribution in [0.4, 0.5) is 13.2 Å². The first-order chi connectivity index (χ1) is 14.7. The molecule has 0 aliphatic carbocycles. The molecule has 0 saturated heterocycles. The van der Waals surface area contributed by atoms with Crippen LogP contribution in [0.5, 0.6) is 0 Å². The van der Waals surface area contributed by atoms with Crippen LogP contribution < -0.4 is 0 Å². The molecule has 2 aromatic carbocycles. The van der Waals surface area contributed by atoms with E-state index in [9.17, 15) is 23.2 Å². The first-order valence-corrected chi connectivity index (χ1v) is 9.18. The molecule has 0 aliphatic rings. The van der Waals surface area contributed by atoms with Gasteiger partial charge in [0.25, 0.3) is 0 Å². The van der Waals surface area contributed by atoms with E-state index in [4.69, 9.17) is 16.3 Å². The molecule has 0 saturated carbocycles. The number of esters is 1. The average Bonchev–Trinajstić information content (AvgIpc) is 3.13. The van der Waals surface area contributed by atoms with Gasteiger partial charge in [-0.3, -0.25) is 4.79 Å². The molecular weight excluding hydrogens is 433 g/mol. The quantitative estimate of drug-likeness (QED) is 0.398. The number of carbonyl (C=O) groups is 1. The minimum Gasteiger partial charge on any atom is -0.441 e. The molecule has 1 aromatic heterocycles. The molecule has 1 heterocycles. The Labute approximate surface area is 180 Å². The lowest BCUT2D eigenvalue weighted by atomic mass is 10.0. The molecule has 10 heteroatoms. The molecule has 0 atom stereocenters. The Morgan fingerprint density at radius 2 is 1.94 bits per heavy atom. The maximum absolute atomic E-state index is 12.9. The van der Waals surface area contributed by atoms with Crippen molar-refractivity contribution in [3.05, 3.63) is 69.9 Å². The Bertz CT molecular complexity index is 1200. The summed E-state index contributed by atoms with van der Waals surface area (Å²) in [6.07, 6.45) is -1.31. The molecule has 0 fully saturated rings. The maximum Gasteiger partial charge on any atom is 0.416 e. The zero-order valence-electron chi connectivity index (χ0n) is 16.0. The minimum absolute atomic E-state index is 0.00206. The molecule has 0 unspecified atom stereocenters. The SMILES string of the molecule is CC(=O)OCn1nc(C#N)c(-c2cc(Cl)cc(C=Cc3cccc(C(F)(F)F)c3)c2)n1. The van der Waals surface area contributed by atoms with E-state index in [0.717, 1.165) is 16.9 Å². The molecule has 0 N–H and O–H groups in total. The number of nitrogens with zero attached hydrogens (tertiary/aromatic N) is 4. The van der Waals surface area contributed by atoms with Crippen molar-refractivity contribution in [1.29, 1.82) is 5.26 Å². The third-order valence-electron chi connectivity index (χ3n) is 4.02. The van der Waals surface area contributed by atoms with Gasteiger partial charge in [-0.1, -0.05) is 35.9 Å². The molecule has 6 nitrogen and oxygen atoms in total. The highest BCUT2D eigenvalue weighted by molar-refractivity contribution is 6.31. The van der Waals surface area contributed by atoms with E-state index in [-0.39, 0.29) is 18.1 Å². The number of ether oxygens (including phenoxy) is 1. The standard InChI is InChI=1S/C21H14ClF3N4O2/c1-13(30)31-12-29-27-19(11-26)20(28-29)16-7-15(9-18(22)10-16)6-5-14-3-2-4-17(8-14)21(23,24)25/h2-10H,12H2,1H3. The van der Waals surface area contributed by atoms with Gasteiger partial charge in [0, 0.05) is 17.5 Å². The first kappa shape index (κ1) is 22.1. The summed E-state index contributed by atoms with van der Waals surface area (Å²) in [4.78, 5) is 12.0. The Morgan fingerprint density at radius 1 is 1.19 bits per heavy atom. The second-order valence-corrected chi connectivity index (χ2v) is 6.81. The van der Waals surface area contributed by atoms with Crippen molar-refractivity contribution in [2.24, 2.45) is 0 Å². The Morgan fingerprint density at radius 3 is 2.61 bits per heavy atom. The van der Waals surface area contributed by atoms with Gasteiger partial charge in [0.05, 0.1) is 5.56 Å². The van der Waals surface area contributed by atoms with Crippen molar-refractivity contribution in [2.75, 3.05) is 0 Å². The molecule has 3 aromatic rings. The summed E-state index contributed by atoms with van der Waals surface area (Å²) in [6.45, 7) is 0.975. The Hall–Kier alpha value is -3.64. The van der Waals surface area contributed by atoms with Crippen molar-refractivity contribution in [2.45, 2.75) is 19.8 Å². The molecule has 158 valence electrons. The minimum atomic E-state index is -4.43. The van der Waals surface area contributed by atoms with Crippen molar-refractivity contribution in [3.8, 4) is 17.3 Å². The van der Waals surface area contributed by atoms with Gasteiger partial charge < -0.3 is 4.74 Å². The number of nitriles is 1. The van der Waals surface area contributed by atoms with Crippen molar-refractivity contribution in [3.63, 3.8) is 0 Å². The molecule has 0 aliphatic heterocycles. The number of aromatic nitrogens is 3. The number of hydrogen-bond donors (Lipinski definition) is 0. The summed E-state index contributed by atoms with van der Waals surface area (Å²) in [5.41, 5.74) is 0.902. The second kappa shape index (κ2) is 9.02. The normalized spacial score (nSPS) is 11.5. The highest BCUT2D eigenvalue weighted by atomic mass is 35.5. The van der Waals surface area contributed by atoms with E-state index < -0.39 is 17.7 Å². The lowest BCUT2D eigenvalue weighted by Gasteiger charge is -2.06. The summed E-state index contributed by atoms with van der Waals surface area (Å²) in [5.74, 6) is -0.526. The zero-order chi connectivity index (χ0) is 22.6. The molecule has 3 rings (SSSR count). The monoisotopic (exact) mass is 446 g/mol. The topological polar surface area (TPSA) is 80.8 Å². The lowest BCUT2D eigenvalue weighted by Crippen LogP contribution is -2.09.